The number of nitrogens with zero attached hydrogens (tertiary/aromatic N) is 3. The molecule has 0 aromatic heterocycles. The lowest BCUT2D eigenvalue weighted by atomic mass is 10.1. The van der Waals surface area contributed by atoms with Crippen LogP contribution in [-0.2, 0) is 4.79 Å². The van der Waals surface area contributed by atoms with Gasteiger partial charge >= 0.3 is 0 Å². The first-order valence-corrected chi connectivity index (χ1v) is 11.0. The van der Waals surface area contributed by atoms with Gasteiger partial charge in [-0.25, -0.2) is 0 Å². The smallest absolute Gasteiger partial charge is 0.261 e. The molecule has 2 aromatic rings. The molecule has 7 heteroatoms. The summed E-state index contributed by atoms with van der Waals surface area (Å²) >= 11 is 0. The number of hydrogen-bond donors (Lipinski definition) is 0. The topological polar surface area (TPSA) is 78.0 Å². The van der Waals surface area contributed by atoms with Gasteiger partial charge in [0.25, 0.3) is 17.7 Å². The van der Waals surface area contributed by atoms with Gasteiger partial charge < -0.3 is 9.80 Å². The Morgan fingerprint density at radius 2 is 1.41 bits per heavy atom. The molecule has 7 nitrogen and oxygen atoms in total. The van der Waals surface area contributed by atoms with Gasteiger partial charge in [-0.05, 0) is 55.7 Å². The van der Waals surface area contributed by atoms with Crippen LogP contribution in [0.3, 0.4) is 0 Å². The minimum Gasteiger partial charge on any atom is -0.339 e. The summed E-state index contributed by atoms with van der Waals surface area (Å²) in [6.45, 7) is 6.20. The summed E-state index contributed by atoms with van der Waals surface area (Å²) in [5.41, 5.74) is 3.76. The van der Waals surface area contributed by atoms with Crippen LogP contribution in [0.15, 0.2) is 42.5 Å². The fourth-order valence-corrected chi connectivity index (χ4v) is 4.20. The third-order valence-electron chi connectivity index (χ3n) is 6.32. The van der Waals surface area contributed by atoms with Crippen molar-refractivity contribution in [2.45, 2.75) is 26.7 Å². The summed E-state index contributed by atoms with van der Waals surface area (Å²) in [5.74, 6) is -0.612. The molecule has 0 aliphatic carbocycles. The van der Waals surface area contributed by atoms with E-state index in [1.54, 1.807) is 34.1 Å². The Hall–Kier alpha value is -3.48. The lowest BCUT2D eigenvalue weighted by Crippen LogP contribution is -2.50. The van der Waals surface area contributed by atoms with Gasteiger partial charge in [-0.3, -0.25) is 24.1 Å². The van der Waals surface area contributed by atoms with Crippen molar-refractivity contribution < 1.29 is 19.2 Å². The quantitative estimate of drug-likeness (QED) is 0.680. The number of carbonyl (C=O) groups excluding carboxylic acids is 4. The zero-order valence-electron chi connectivity index (χ0n) is 18.5. The van der Waals surface area contributed by atoms with Crippen LogP contribution in [-0.4, -0.2) is 71.1 Å². The van der Waals surface area contributed by atoms with E-state index in [1.807, 2.05) is 32.0 Å². The minimum absolute atomic E-state index is 0.00850. The Kier molecular flexibility index (Phi) is 6.08. The second-order valence-corrected chi connectivity index (χ2v) is 8.38. The van der Waals surface area contributed by atoms with E-state index in [9.17, 15) is 19.2 Å². The van der Waals surface area contributed by atoms with Crippen LogP contribution in [0.2, 0.25) is 0 Å². The number of fused-ring (bicyclic) bond motifs is 1. The van der Waals surface area contributed by atoms with E-state index in [0.29, 0.717) is 49.3 Å². The highest BCUT2D eigenvalue weighted by molar-refractivity contribution is 6.21. The molecule has 4 amide bonds. The second-order valence-electron chi connectivity index (χ2n) is 8.38. The number of rotatable bonds is 5. The molecule has 0 N–H and O–H groups in total. The highest BCUT2D eigenvalue weighted by Gasteiger charge is 2.34. The molecule has 2 aromatic carbocycles. The van der Waals surface area contributed by atoms with Crippen molar-refractivity contribution in [3.63, 3.8) is 0 Å². The zero-order chi connectivity index (χ0) is 22.8. The van der Waals surface area contributed by atoms with Crippen LogP contribution in [0.4, 0.5) is 0 Å². The van der Waals surface area contributed by atoms with Crippen molar-refractivity contribution in [2.24, 2.45) is 0 Å². The third-order valence-corrected chi connectivity index (χ3v) is 6.32. The van der Waals surface area contributed by atoms with E-state index in [4.69, 9.17) is 0 Å². The predicted octanol–water partition coefficient (Wildman–Crippen LogP) is 2.66. The van der Waals surface area contributed by atoms with E-state index in [1.165, 1.54) is 4.90 Å². The molecule has 32 heavy (non-hydrogen) atoms. The summed E-state index contributed by atoms with van der Waals surface area (Å²) in [5, 5.41) is 0. The Morgan fingerprint density at radius 3 is 2.00 bits per heavy atom. The Balaban J connectivity index is 1.25. The summed E-state index contributed by atoms with van der Waals surface area (Å²) in [7, 11) is 0. The van der Waals surface area contributed by atoms with Crippen molar-refractivity contribution in [2.75, 3.05) is 32.7 Å². The number of hydrogen-bond acceptors (Lipinski definition) is 4. The molecule has 166 valence electrons. The molecule has 2 heterocycles. The molecule has 1 saturated heterocycles. The molecular weight excluding hydrogens is 406 g/mol. The Bertz CT molecular complexity index is 1050. The Labute approximate surface area is 187 Å². The second kappa shape index (κ2) is 8.94. The first-order chi connectivity index (χ1) is 15.4. The normalized spacial score (nSPS) is 15.9. The first-order valence-electron chi connectivity index (χ1n) is 11.0. The van der Waals surface area contributed by atoms with Crippen molar-refractivity contribution >= 4 is 23.6 Å². The van der Waals surface area contributed by atoms with Gasteiger partial charge in [-0.1, -0.05) is 18.2 Å². The maximum Gasteiger partial charge on any atom is 0.261 e. The fourth-order valence-electron chi connectivity index (χ4n) is 4.20. The molecule has 0 spiro atoms. The predicted molar refractivity (Wildman–Crippen MR) is 119 cm³/mol. The highest BCUT2D eigenvalue weighted by Crippen LogP contribution is 2.23. The van der Waals surface area contributed by atoms with E-state index in [0.717, 1.165) is 11.1 Å². The molecular formula is C25H27N3O4. The van der Waals surface area contributed by atoms with Gasteiger partial charge in [-0.2, -0.15) is 0 Å². The number of carbonyl (C=O) groups is 4. The summed E-state index contributed by atoms with van der Waals surface area (Å²) in [4.78, 5) is 55.0. The monoisotopic (exact) mass is 433 g/mol. The molecule has 0 atom stereocenters. The first kappa shape index (κ1) is 21.7. The fraction of sp³-hybridized carbons (Fsp3) is 0.360. The summed E-state index contributed by atoms with van der Waals surface area (Å²) < 4.78 is 0. The van der Waals surface area contributed by atoms with Crippen LogP contribution in [0.1, 0.15) is 55.0 Å². The highest BCUT2D eigenvalue weighted by atomic mass is 16.2. The average Bonchev–Trinajstić information content (AvgIpc) is 3.05. The molecule has 4 rings (SSSR count). The van der Waals surface area contributed by atoms with Gasteiger partial charge in [0, 0.05) is 44.7 Å². The van der Waals surface area contributed by atoms with Crippen molar-refractivity contribution in [1.82, 2.24) is 14.7 Å². The number of piperazine rings is 1. The minimum atomic E-state index is -0.295. The van der Waals surface area contributed by atoms with Gasteiger partial charge in [0.1, 0.15) is 0 Å². The van der Waals surface area contributed by atoms with Crippen LogP contribution < -0.4 is 0 Å². The number of benzene rings is 2. The van der Waals surface area contributed by atoms with E-state index in [-0.39, 0.29) is 36.6 Å². The standard InChI is InChI=1S/C25H27N3O4/c1-17-9-10-19(16-18(17)2)23(30)27-14-12-26(13-15-27)22(29)8-5-11-28-24(31)20-6-3-4-7-21(20)25(28)32/h3-4,6-7,9-10,16H,5,8,11-15H2,1-2H3. The van der Waals surface area contributed by atoms with Crippen molar-refractivity contribution in [3.8, 4) is 0 Å². The molecule has 0 unspecified atom stereocenters. The van der Waals surface area contributed by atoms with E-state index in [2.05, 4.69) is 0 Å². The molecule has 0 radical (unpaired) electrons. The maximum absolute atomic E-state index is 12.8. The summed E-state index contributed by atoms with van der Waals surface area (Å²) in [6.07, 6.45) is 0.685. The average molecular weight is 434 g/mol. The van der Waals surface area contributed by atoms with Gasteiger partial charge in [0.15, 0.2) is 0 Å². The van der Waals surface area contributed by atoms with Crippen LogP contribution >= 0.6 is 0 Å². The lowest BCUT2D eigenvalue weighted by Gasteiger charge is -2.35. The van der Waals surface area contributed by atoms with Gasteiger partial charge in [0.2, 0.25) is 5.91 Å². The lowest BCUT2D eigenvalue weighted by molar-refractivity contribution is -0.132. The van der Waals surface area contributed by atoms with Crippen molar-refractivity contribution in [1.29, 1.82) is 0 Å². The third kappa shape index (κ3) is 4.15. The van der Waals surface area contributed by atoms with Gasteiger partial charge in [0.05, 0.1) is 11.1 Å². The Morgan fingerprint density at radius 1 is 0.812 bits per heavy atom. The number of amides is 4. The van der Waals surface area contributed by atoms with Crippen LogP contribution in [0.25, 0.3) is 0 Å². The molecule has 1 fully saturated rings. The van der Waals surface area contributed by atoms with Gasteiger partial charge in [-0.15, -0.1) is 0 Å². The zero-order valence-corrected chi connectivity index (χ0v) is 18.5. The SMILES string of the molecule is Cc1ccc(C(=O)N2CCN(C(=O)CCCN3C(=O)c4ccccc4C3=O)CC2)cc1C. The van der Waals surface area contributed by atoms with E-state index < -0.39 is 0 Å². The summed E-state index contributed by atoms with van der Waals surface area (Å²) in [6, 6.07) is 12.5. The molecule has 0 saturated carbocycles. The molecule has 2 aliphatic rings. The largest absolute Gasteiger partial charge is 0.339 e. The van der Waals surface area contributed by atoms with Crippen LogP contribution in [0, 0.1) is 13.8 Å². The van der Waals surface area contributed by atoms with E-state index >= 15 is 0 Å². The maximum atomic E-state index is 12.8. The number of aryl methyl sites for hydroxylation is 2. The number of imide groups is 1. The van der Waals surface area contributed by atoms with Crippen LogP contribution in [0.5, 0.6) is 0 Å². The molecule has 2 aliphatic heterocycles. The molecule has 0 bridgehead atoms. The van der Waals surface area contributed by atoms with Crippen molar-refractivity contribution in [3.05, 3.63) is 70.3 Å².